The number of nitrogens with one attached hydrogen (secondary N) is 2. The fourth-order valence-electron chi connectivity index (χ4n) is 3.94. The van der Waals surface area contributed by atoms with Crippen LogP contribution in [0.3, 0.4) is 0 Å². The number of benzene rings is 1. The van der Waals surface area contributed by atoms with Gasteiger partial charge in [0, 0.05) is 33.7 Å². The Morgan fingerprint density at radius 1 is 1.23 bits per heavy atom. The van der Waals surface area contributed by atoms with E-state index in [9.17, 15) is 18.8 Å². The number of halogens is 1. The van der Waals surface area contributed by atoms with Crippen LogP contribution >= 0.6 is 0 Å². The second kappa shape index (κ2) is 9.95. The summed E-state index contributed by atoms with van der Waals surface area (Å²) in [6.07, 6.45) is -1.04. The van der Waals surface area contributed by atoms with Gasteiger partial charge in [-0.15, -0.1) is 0 Å². The van der Waals surface area contributed by atoms with Gasteiger partial charge in [0.2, 0.25) is 11.8 Å². The first kappa shape index (κ1) is 22.8. The Hall–Kier alpha value is -2.88. The highest BCUT2D eigenvalue weighted by Gasteiger charge is 2.34. The van der Waals surface area contributed by atoms with Gasteiger partial charge in [0.05, 0.1) is 24.5 Å². The van der Waals surface area contributed by atoms with Gasteiger partial charge >= 0.3 is 6.09 Å². The minimum atomic E-state index is -0.566. The second-order valence-corrected chi connectivity index (χ2v) is 8.07. The van der Waals surface area contributed by atoms with E-state index in [4.69, 9.17) is 9.47 Å². The Balaban J connectivity index is 1.61. The van der Waals surface area contributed by atoms with Crippen molar-refractivity contribution in [1.29, 1.82) is 0 Å². The largest absolute Gasteiger partial charge is 0.442 e. The molecule has 31 heavy (non-hydrogen) atoms. The molecule has 1 aromatic rings. The van der Waals surface area contributed by atoms with Crippen molar-refractivity contribution in [2.75, 3.05) is 56.2 Å². The molecule has 2 aliphatic rings. The number of hydrogen-bond acceptors (Lipinski definition) is 6. The van der Waals surface area contributed by atoms with Crippen molar-refractivity contribution < 1.29 is 28.2 Å². The average Bonchev–Trinajstić information content (AvgIpc) is 3.27. The lowest BCUT2D eigenvalue weighted by atomic mass is 9.98. The number of amides is 3. The normalized spacial score (nSPS) is 23.1. The van der Waals surface area contributed by atoms with Crippen LogP contribution in [0.2, 0.25) is 0 Å². The van der Waals surface area contributed by atoms with E-state index in [1.54, 1.807) is 12.1 Å². The zero-order valence-electron chi connectivity index (χ0n) is 18.0. The molecule has 0 spiro atoms. The Bertz CT molecular complexity index is 836. The Kier molecular flexibility index (Phi) is 7.32. The number of carbonyl (C=O) groups is 3. The molecule has 2 N–H and O–H groups in total. The van der Waals surface area contributed by atoms with Crippen molar-refractivity contribution in [2.45, 2.75) is 20.0 Å². The number of methoxy groups -OCH3 is 1. The predicted octanol–water partition coefficient (Wildman–Crippen LogP) is 1.12. The fraction of sp³-hybridized carbons (Fsp3) is 0.571. The SMILES string of the molecule is COCC(=O)NC[C@@H]1CN(c2ccc(N3C[C@H](CNC(C)=O)OC3=O)cc2F)C[C@H]1C. The summed E-state index contributed by atoms with van der Waals surface area (Å²) in [7, 11) is 1.47. The molecular formula is C21H29FN4O5. The molecule has 0 radical (unpaired) electrons. The highest BCUT2D eigenvalue weighted by molar-refractivity contribution is 5.90. The molecule has 10 heteroatoms. The number of ether oxygens (including phenoxy) is 2. The third-order valence-corrected chi connectivity index (χ3v) is 5.64. The topological polar surface area (TPSA) is 100 Å². The summed E-state index contributed by atoms with van der Waals surface area (Å²) in [4.78, 5) is 38.1. The van der Waals surface area contributed by atoms with E-state index >= 15 is 0 Å². The summed E-state index contributed by atoms with van der Waals surface area (Å²) in [5, 5.41) is 5.46. The van der Waals surface area contributed by atoms with Crippen LogP contribution in [0.15, 0.2) is 18.2 Å². The Morgan fingerprint density at radius 3 is 2.68 bits per heavy atom. The van der Waals surface area contributed by atoms with E-state index in [2.05, 4.69) is 17.6 Å². The number of cyclic esters (lactones) is 1. The van der Waals surface area contributed by atoms with Gasteiger partial charge < -0.3 is 25.0 Å². The van der Waals surface area contributed by atoms with Gasteiger partial charge in [-0.05, 0) is 30.0 Å². The quantitative estimate of drug-likeness (QED) is 0.634. The molecule has 3 atom stereocenters. The summed E-state index contributed by atoms with van der Waals surface area (Å²) in [5.41, 5.74) is 0.871. The molecule has 0 saturated carbocycles. The van der Waals surface area contributed by atoms with Gasteiger partial charge in [-0.1, -0.05) is 6.92 Å². The number of rotatable bonds is 8. The third-order valence-electron chi connectivity index (χ3n) is 5.64. The molecule has 3 amide bonds. The van der Waals surface area contributed by atoms with Gasteiger partial charge in [0.1, 0.15) is 18.5 Å². The van der Waals surface area contributed by atoms with Crippen LogP contribution in [0, 0.1) is 17.7 Å². The van der Waals surface area contributed by atoms with E-state index in [1.165, 1.54) is 25.0 Å². The van der Waals surface area contributed by atoms with Crippen molar-refractivity contribution in [2.24, 2.45) is 11.8 Å². The standard InChI is InChI=1S/C21H29FN4O5/c1-13-9-25(10-15(13)7-24-20(28)12-30-3)19-5-4-16(6-18(19)22)26-11-17(31-21(26)29)8-23-14(2)27/h4-6,13,15,17H,7-12H2,1-3H3,(H,23,27)(H,24,28)/t13-,15-,17+/m1/s1. The lowest BCUT2D eigenvalue weighted by molar-refractivity contribution is -0.125. The van der Waals surface area contributed by atoms with E-state index in [0.717, 1.165) is 0 Å². The van der Waals surface area contributed by atoms with Crippen molar-refractivity contribution in [3.05, 3.63) is 24.0 Å². The number of anilines is 2. The molecule has 2 heterocycles. The van der Waals surface area contributed by atoms with Gasteiger partial charge in [-0.3, -0.25) is 14.5 Å². The molecule has 3 rings (SSSR count). The van der Waals surface area contributed by atoms with Crippen LogP contribution in [0.5, 0.6) is 0 Å². The Labute approximate surface area is 180 Å². The van der Waals surface area contributed by atoms with E-state index < -0.39 is 18.0 Å². The van der Waals surface area contributed by atoms with Crippen molar-refractivity contribution >= 4 is 29.3 Å². The lowest BCUT2D eigenvalue weighted by Gasteiger charge is -2.21. The first-order chi connectivity index (χ1) is 14.8. The van der Waals surface area contributed by atoms with Crippen LogP contribution in [0.1, 0.15) is 13.8 Å². The fourth-order valence-corrected chi connectivity index (χ4v) is 3.94. The number of nitrogens with zero attached hydrogens (tertiary/aromatic N) is 2. The van der Waals surface area contributed by atoms with Crippen molar-refractivity contribution in [1.82, 2.24) is 10.6 Å². The maximum atomic E-state index is 14.9. The summed E-state index contributed by atoms with van der Waals surface area (Å²) < 4.78 is 25.0. The second-order valence-electron chi connectivity index (χ2n) is 8.07. The Morgan fingerprint density at radius 2 is 2.00 bits per heavy atom. The van der Waals surface area contributed by atoms with Crippen LogP contribution in [-0.4, -0.2) is 70.5 Å². The molecule has 0 aliphatic carbocycles. The van der Waals surface area contributed by atoms with Crippen molar-refractivity contribution in [3.8, 4) is 0 Å². The molecule has 0 unspecified atom stereocenters. The first-order valence-electron chi connectivity index (χ1n) is 10.3. The van der Waals surface area contributed by atoms with Crippen LogP contribution in [-0.2, 0) is 19.1 Å². The maximum Gasteiger partial charge on any atom is 0.414 e. The van der Waals surface area contributed by atoms with Crippen LogP contribution in [0.25, 0.3) is 0 Å². The smallest absolute Gasteiger partial charge is 0.414 e. The highest BCUT2D eigenvalue weighted by atomic mass is 19.1. The summed E-state index contributed by atoms with van der Waals surface area (Å²) >= 11 is 0. The summed E-state index contributed by atoms with van der Waals surface area (Å²) in [6, 6.07) is 4.69. The van der Waals surface area contributed by atoms with Gasteiger partial charge in [-0.2, -0.15) is 0 Å². The molecule has 2 saturated heterocycles. The third kappa shape index (κ3) is 5.63. The first-order valence-corrected chi connectivity index (χ1v) is 10.3. The minimum absolute atomic E-state index is 0.0194. The van der Waals surface area contributed by atoms with Crippen molar-refractivity contribution in [3.63, 3.8) is 0 Å². The molecule has 170 valence electrons. The predicted molar refractivity (Wildman–Crippen MR) is 112 cm³/mol. The average molecular weight is 436 g/mol. The lowest BCUT2D eigenvalue weighted by Crippen LogP contribution is -2.34. The summed E-state index contributed by atoms with van der Waals surface area (Å²) in [5.74, 6) is -0.320. The molecule has 2 aliphatic heterocycles. The molecule has 2 fully saturated rings. The minimum Gasteiger partial charge on any atom is -0.442 e. The molecule has 1 aromatic carbocycles. The number of carbonyl (C=O) groups excluding carboxylic acids is 3. The van der Waals surface area contributed by atoms with E-state index in [0.29, 0.717) is 31.0 Å². The van der Waals surface area contributed by atoms with E-state index in [1.807, 2.05) is 4.90 Å². The van der Waals surface area contributed by atoms with E-state index in [-0.39, 0.29) is 43.3 Å². The van der Waals surface area contributed by atoms with Gasteiger partial charge in [0.15, 0.2) is 0 Å². The number of hydrogen-bond donors (Lipinski definition) is 2. The highest BCUT2D eigenvalue weighted by Crippen LogP contribution is 2.32. The van der Waals surface area contributed by atoms with Gasteiger partial charge in [-0.25, -0.2) is 9.18 Å². The molecule has 0 bridgehead atoms. The zero-order chi connectivity index (χ0) is 22.5. The van der Waals surface area contributed by atoms with Crippen LogP contribution in [0.4, 0.5) is 20.6 Å². The van der Waals surface area contributed by atoms with Crippen LogP contribution < -0.4 is 20.4 Å². The molecule has 9 nitrogen and oxygen atoms in total. The monoisotopic (exact) mass is 436 g/mol. The van der Waals surface area contributed by atoms with Gasteiger partial charge in [0.25, 0.3) is 0 Å². The molecule has 0 aromatic heterocycles. The summed E-state index contributed by atoms with van der Waals surface area (Å²) in [6.45, 7) is 5.74. The maximum absolute atomic E-state index is 14.9. The molecular weight excluding hydrogens is 407 g/mol. The zero-order valence-corrected chi connectivity index (χ0v) is 18.0.